The molecule has 1 unspecified atom stereocenters. The van der Waals surface area contributed by atoms with Crippen molar-refractivity contribution in [1.82, 2.24) is 10.2 Å². The van der Waals surface area contributed by atoms with Crippen LogP contribution in [-0.2, 0) is 9.53 Å². The molecule has 0 saturated carbocycles. The zero-order valence-electron chi connectivity index (χ0n) is 15.4. The quantitative estimate of drug-likeness (QED) is 0.515. The summed E-state index contributed by atoms with van der Waals surface area (Å²) < 4.78 is 11.1. The van der Waals surface area contributed by atoms with Crippen molar-refractivity contribution < 1.29 is 34.1 Å². The summed E-state index contributed by atoms with van der Waals surface area (Å²) in [5.41, 5.74) is 0.332. The van der Waals surface area contributed by atoms with Gasteiger partial charge in [0.25, 0.3) is 0 Å². The predicted octanol–water partition coefficient (Wildman–Crippen LogP) is -0.0312. The van der Waals surface area contributed by atoms with Gasteiger partial charge in [-0.15, -0.1) is 0 Å². The highest BCUT2D eigenvalue weighted by molar-refractivity contribution is 6.59. The van der Waals surface area contributed by atoms with Crippen molar-refractivity contribution in [3.05, 3.63) is 29.3 Å². The molecule has 0 radical (unpaired) electrons. The van der Waals surface area contributed by atoms with Crippen LogP contribution in [0.25, 0.3) is 0 Å². The van der Waals surface area contributed by atoms with Gasteiger partial charge in [0.2, 0.25) is 5.91 Å². The van der Waals surface area contributed by atoms with Crippen molar-refractivity contribution in [1.29, 1.82) is 0 Å². The van der Waals surface area contributed by atoms with E-state index < -0.39 is 18.8 Å². The molecule has 3 aliphatic rings. The lowest BCUT2D eigenvalue weighted by Crippen LogP contribution is -2.56. The van der Waals surface area contributed by atoms with E-state index in [1.165, 1.54) is 6.07 Å². The highest BCUT2D eigenvalue weighted by Crippen LogP contribution is 2.42. The van der Waals surface area contributed by atoms with Crippen LogP contribution in [-0.4, -0.2) is 71.0 Å². The van der Waals surface area contributed by atoms with E-state index in [2.05, 4.69) is 5.32 Å². The first-order chi connectivity index (χ1) is 13.3. The molecule has 0 spiro atoms. The molecule has 1 aromatic carbocycles. The molecule has 4 N–H and O–H groups in total. The summed E-state index contributed by atoms with van der Waals surface area (Å²) >= 11 is 0. The standard InChI is InChI=1S/C18H24BN2O7/c22-16(6-11-4-5-20-8-11)21-9-12(10-21)27-15-7-19(25,26)28-17-13(15)2-1-3-14(17)18(23)24/h1-3,11-12,15,20,25-26H,4-10H2,(H,23,24)/q-1/t11-,15?/m0/s1. The molecule has 3 aliphatic heterocycles. The Bertz CT molecular complexity index is 775. The molecule has 9 nitrogen and oxygen atoms in total. The normalized spacial score (nSPS) is 26.3. The Morgan fingerprint density at radius 3 is 2.79 bits per heavy atom. The summed E-state index contributed by atoms with van der Waals surface area (Å²) in [6.45, 7) is -0.495. The van der Waals surface area contributed by atoms with Gasteiger partial charge in [0, 0.05) is 25.1 Å². The average molecular weight is 391 g/mol. The fourth-order valence-corrected chi connectivity index (χ4v) is 4.10. The molecule has 10 heteroatoms. The van der Waals surface area contributed by atoms with E-state index in [1.807, 2.05) is 0 Å². The molecule has 1 amide bonds. The first-order valence-electron chi connectivity index (χ1n) is 9.62. The van der Waals surface area contributed by atoms with Crippen molar-refractivity contribution in [2.75, 3.05) is 26.2 Å². The van der Waals surface area contributed by atoms with Crippen LogP contribution in [0.1, 0.15) is 34.9 Å². The van der Waals surface area contributed by atoms with E-state index in [-0.39, 0.29) is 29.6 Å². The summed E-state index contributed by atoms with van der Waals surface area (Å²) in [6, 6.07) is 4.58. The molecule has 2 fully saturated rings. The molecule has 4 rings (SSSR count). The van der Waals surface area contributed by atoms with Crippen LogP contribution >= 0.6 is 0 Å². The van der Waals surface area contributed by atoms with Gasteiger partial charge in [0.15, 0.2) is 0 Å². The lowest BCUT2D eigenvalue weighted by atomic mass is 9.68. The molecular formula is C18H24BN2O7-. The van der Waals surface area contributed by atoms with E-state index in [9.17, 15) is 24.7 Å². The molecule has 28 heavy (non-hydrogen) atoms. The third-order valence-electron chi connectivity index (χ3n) is 5.63. The number of amides is 1. The van der Waals surface area contributed by atoms with E-state index in [0.29, 0.717) is 31.0 Å². The second kappa shape index (κ2) is 7.36. The summed E-state index contributed by atoms with van der Waals surface area (Å²) in [6.07, 6.45) is 0.415. The topological polar surface area (TPSA) is 129 Å². The number of carbonyl (C=O) groups is 2. The summed E-state index contributed by atoms with van der Waals surface area (Å²) in [4.78, 5) is 25.5. The van der Waals surface area contributed by atoms with Crippen LogP contribution in [0.5, 0.6) is 5.75 Å². The number of carbonyl (C=O) groups excluding carboxylic acids is 1. The Hall–Kier alpha value is -2.14. The van der Waals surface area contributed by atoms with Crippen LogP contribution in [0, 0.1) is 5.92 Å². The molecule has 0 aliphatic carbocycles. The van der Waals surface area contributed by atoms with E-state index in [0.717, 1.165) is 19.5 Å². The molecule has 2 atom stereocenters. The summed E-state index contributed by atoms with van der Waals surface area (Å²) in [7, 11) is 0. The minimum absolute atomic E-state index is 0.0720. The Labute approximate surface area is 162 Å². The van der Waals surface area contributed by atoms with Gasteiger partial charge in [0.05, 0.1) is 23.5 Å². The number of hydrogen-bond acceptors (Lipinski definition) is 7. The maximum atomic E-state index is 12.3. The second-order valence-electron chi connectivity index (χ2n) is 7.85. The van der Waals surface area contributed by atoms with E-state index >= 15 is 0 Å². The number of fused-ring (bicyclic) bond motifs is 1. The maximum Gasteiger partial charge on any atom is 0.433 e. The number of hydrogen-bond donors (Lipinski definition) is 4. The van der Waals surface area contributed by atoms with Crippen LogP contribution in [0.4, 0.5) is 0 Å². The highest BCUT2D eigenvalue weighted by atomic mass is 16.6. The molecule has 1 aromatic rings. The van der Waals surface area contributed by atoms with Gasteiger partial charge in [-0.1, -0.05) is 18.5 Å². The van der Waals surface area contributed by atoms with Crippen molar-refractivity contribution in [3.63, 3.8) is 0 Å². The van der Waals surface area contributed by atoms with Crippen LogP contribution in [0.15, 0.2) is 18.2 Å². The first kappa shape index (κ1) is 19.2. The average Bonchev–Trinajstić information content (AvgIpc) is 3.08. The molecular weight excluding hydrogens is 367 g/mol. The number of aromatic carboxylic acids is 1. The Morgan fingerprint density at radius 1 is 1.32 bits per heavy atom. The smallest absolute Gasteiger partial charge is 0.433 e. The second-order valence-corrected chi connectivity index (χ2v) is 7.85. The van der Waals surface area contributed by atoms with Gasteiger partial charge in [0.1, 0.15) is 0 Å². The first-order valence-corrected chi connectivity index (χ1v) is 9.62. The van der Waals surface area contributed by atoms with E-state index in [1.54, 1.807) is 17.0 Å². The number of carboxylic acid groups (broad SMARTS) is 1. The minimum atomic E-state index is -3.22. The lowest BCUT2D eigenvalue weighted by Gasteiger charge is -2.45. The zero-order valence-corrected chi connectivity index (χ0v) is 15.4. The summed E-state index contributed by atoms with van der Waals surface area (Å²) in [5.74, 6) is -0.795. The SMILES string of the molecule is O=C(O)c1cccc2c1O[B-](O)(O)CC2OC1CN(C(=O)C[C@@H]2CCNC2)C1. The zero-order chi connectivity index (χ0) is 19.9. The van der Waals surface area contributed by atoms with Gasteiger partial charge >= 0.3 is 12.7 Å². The van der Waals surface area contributed by atoms with E-state index in [4.69, 9.17) is 9.39 Å². The summed E-state index contributed by atoms with van der Waals surface area (Å²) in [5, 5.41) is 32.7. The fourth-order valence-electron chi connectivity index (χ4n) is 4.10. The molecule has 3 heterocycles. The highest BCUT2D eigenvalue weighted by Gasteiger charge is 2.41. The number of nitrogens with zero attached hydrogens (tertiary/aromatic N) is 1. The number of benzene rings is 1. The van der Waals surface area contributed by atoms with Gasteiger partial charge in [-0.05, 0) is 31.5 Å². The fraction of sp³-hybridized carbons (Fsp3) is 0.556. The number of rotatable bonds is 5. The Morgan fingerprint density at radius 2 is 2.11 bits per heavy atom. The van der Waals surface area contributed by atoms with Crippen molar-refractivity contribution in [2.24, 2.45) is 5.92 Å². The third-order valence-corrected chi connectivity index (χ3v) is 5.63. The van der Waals surface area contributed by atoms with Crippen LogP contribution in [0.3, 0.4) is 0 Å². The maximum absolute atomic E-state index is 12.3. The lowest BCUT2D eigenvalue weighted by molar-refractivity contribution is -0.150. The van der Waals surface area contributed by atoms with Crippen LogP contribution < -0.4 is 9.97 Å². The van der Waals surface area contributed by atoms with Crippen molar-refractivity contribution in [3.8, 4) is 5.75 Å². The van der Waals surface area contributed by atoms with Crippen molar-refractivity contribution in [2.45, 2.75) is 31.4 Å². The number of ether oxygens (including phenoxy) is 1. The molecule has 0 bridgehead atoms. The monoisotopic (exact) mass is 391 g/mol. The molecule has 0 aromatic heterocycles. The minimum Gasteiger partial charge on any atom is -0.669 e. The largest absolute Gasteiger partial charge is 0.669 e. The van der Waals surface area contributed by atoms with Gasteiger partial charge in [-0.25, -0.2) is 4.79 Å². The molecule has 2 saturated heterocycles. The third kappa shape index (κ3) is 3.86. The number of para-hydroxylation sites is 1. The van der Waals surface area contributed by atoms with Gasteiger partial charge in [-0.2, -0.15) is 0 Å². The van der Waals surface area contributed by atoms with Gasteiger partial charge < -0.3 is 34.8 Å². The predicted molar refractivity (Wildman–Crippen MR) is 98.8 cm³/mol. The number of nitrogens with one attached hydrogen (secondary N) is 1. The Balaban J connectivity index is 1.40. The van der Waals surface area contributed by atoms with Crippen molar-refractivity contribution >= 4 is 18.6 Å². The number of likely N-dealkylation sites (tertiary alicyclic amines) is 1. The number of carboxylic acids is 1. The molecule has 152 valence electrons. The Kier molecular flexibility index (Phi) is 5.04. The van der Waals surface area contributed by atoms with Gasteiger partial charge in [-0.3, -0.25) is 4.79 Å². The van der Waals surface area contributed by atoms with Crippen LogP contribution in [0.2, 0.25) is 6.32 Å².